The van der Waals surface area contributed by atoms with Crippen LogP contribution in [0, 0.1) is 5.92 Å². The molecule has 8 heteroatoms. The van der Waals surface area contributed by atoms with E-state index in [0.717, 1.165) is 0 Å². The SMILES string of the molecule is CC(C)CC(NC(c1ccc2c(c1)oc1ccc(Cl)cc12)C(F)(F)F)C(=O)O. The summed E-state index contributed by atoms with van der Waals surface area (Å²) in [5.74, 6) is -1.40. The zero-order chi connectivity index (χ0) is 20.6. The zero-order valence-electron chi connectivity index (χ0n) is 15.2. The molecule has 3 aromatic rings. The van der Waals surface area contributed by atoms with Crippen LogP contribution in [0.4, 0.5) is 13.2 Å². The van der Waals surface area contributed by atoms with Crippen molar-refractivity contribution in [3.63, 3.8) is 0 Å². The number of benzene rings is 2. The van der Waals surface area contributed by atoms with Crippen LogP contribution in [-0.2, 0) is 4.79 Å². The monoisotopic (exact) mass is 413 g/mol. The Labute approximate surface area is 164 Å². The molecule has 0 aliphatic rings. The topological polar surface area (TPSA) is 62.5 Å². The van der Waals surface area contributed by atoms with Gasteiger partial charge in [-0.15, -0.1) is 0 Å². The highest BCUT2D eigenvalue weighted by Gasteiger charge is 2.43. The second kappa shape index (κ2) is 7.64. The van der Waals surface area contributed by atoms with Crippen LogP contribution in [0.25, 0.3) is 21.9 Å². The average Bonchev–Trinajstić information content (AvgIpc) is 2.93. The first-order valence-electron chi connectivity index (χ1n) is 8.73. The normalized spacial score (nSPS) is 14.7. The van der Waals surface area contributed by atoms with Gasteiger partial charge in [0.2, 0.25) is 0 Å². The zero-order valence-corrected chi connectivity index (χ0v) is 15.9. The number of rotatable bonds is 6. The summed E-state index contributed by atoms with van der Waals surface area (Å²) in [7, 11) is 0. The van der Waals surface area contributed by atoms with Crippen LogP contribution < -0.4 is 5.32 Å². The first-order chi connectivity index (χ1) is 13.1. The minimum Gasteiger partial charge on any atom is -0.480 e. The predicted molar refractivity (Wildman–Crippen MR) is 102 cm³/mol. The quantitative estimate of drug-likeness (QED) is 0.525. The molecule has 2 aromatic carbocycles. The van der Waals surface area contributed by atoms with Crippen molar-refractivity contribution in [2.45, 2.75) is 38.5 Å². The first kappa shape index (κ1) is 20.5. The number of halogens is 4. The fourth-order valence-electron chi connectivity index (χ4n) is 3.24. The van der Waals surface area contributed by atoms with Gasteiger partial charge in [-0.05, 0) is 42.2 Å². The fourth-order valence-corrected chi connectivity index (χ4v) is 3.41. The van der Waals surface area contributed by atoms with Gasteiger partial charge in [0.25, 0.3) is 0 Å². The first-order valence-corrected chi connectivity index (χ1v) is 9.11. The lowest BCUT2D eigenvalue weighted by Crippen LogP contribution is -2.45. The Balaban J connectivity index is 2.03. The highest BCUT2D eigenvalue weighted by molar-refractivity contribution is 6.31. The summed E-state index contributed by atoms with van der Waals surface area (Å²) >= 11 is 5.99. The Bertz CT molecular complexity index is 1010. The van der Waals surface area contributed by atoms with Crippen LogP contribution >= 0.6 is 11.6 Å². The molecule has 2 N–H and O–H groups in total. The standard InChI is InChI=1S/C20H19ClF3NO3/c1-10(2)7-15(19(26)27)25-18(20(22,23)24)11-3-5-13-14-9-12(21)4-6-16(14)28-17(13)8-11/h3-6,8-10,15,18,25H,7H2,1-2H3,(H,26,27). The number of hydrogen-bond donors (Lipinski definition) is 2. The summed E-state index contributed by atoms with van der Waals surface area (Å²) < 4.78 is 46.8. The summed E-state index contributed by atoms with van der Waals surface area (Å²) in [6, 6.07) is 5.68. The van der Waals surface area contributed by atoms with Crippen LogP contribution in [0.5, 0.6) is 0 Å². The molecular weight excluding hydrogens is 395 g/mol. The Hall–Kier alpha value is -2.25. The molecule has 0 saturated carbocycles. The molecule has 3 rings (SSSR count). The summed E-state index contributed by atoms with van der Waals surface area (Å²) in [6.07, 6.45) is -4.60. The largest absolute Gasteiger partial charge is 0.480 e. The molecule has 2 atom stereocenters. The molecule has 0 bridgehead atoms. The van der Waals surface area contributed by atoms with Gasteiger partial charge in [0.1, 0.15) is 23.2 Å². The summed E-state index contributed by atoms with van der Waals surface area (Å²) in [5.41, 5.74) is 0.679. The van der Waals surface area contributed by atoms with Crippen molar-refractivity contribution < 1.29 is 27.5 Å². The lowest BCUT2D eigenvalue weighted by atomic mass is 9.99. The predicted octanol–water partition coefficient (Wildman–Crippen LogP) is 5.93. The van der Waals surface area contributed by atoms with E-state index in [1.54, 1.807) is 32.0 Å². The Kier molecular flexibility index (Phi) is 5.59. The van der Waals surface area contributed by atoms with Crippen molar-refractivity contribution in [3.05, 3.63) is 47.0 Å². The molecule has 0 aliphatic heterocycles. The Morgan fingerprint density at radius 2 is 1.86 bits per heavy atom. The molecule has 0 saturated heterocycles. The summed E-state index contributed by atoms with van der Waals surface area (Å²) in [4.78, 5) is 11.4. The minimum atomic E-state index is -4.67. The summed E-state index contributed by atoms with van der Waals surface area (Å²) in [6.45, 7) is 3.51. The third kappa shape index (κ3) is 4.25. The van der Waals surface area contributed by atoms with Gasteiger partial charge < -0.3 is 9.52 Å². The molecule has 0 aliphatic carbocycles. The van der Waals surface area contributed by atoms with E-state index in [2.05, 4.69) is 5.32 Å². The van der Waals surface area contributed by atoms with Gasteiger partial charge in [-0.1, -0.05) is 37.6 Å². The smallest absolute Gasteiger partial charge is 0.407 e. The van der Waals surface area contributed by atoms with E-state index in [0.29, 0.717) is 21.4 Å². The number of furan rings is 1. The van der Waals surface area contributed by atoms with Crippen molar-refractivity contribution >= 4 is 39.5 Å². The molecule has 0 fully saturated rings. The number of aliphatic carboxylic acids is 1. The maximum atomic E-state index is 13.7. The third-order valence-electron chi connectivity index (χ3n) is 4.49. The second-order valence-corrected chi connectivity index (χ2v) is 7.60. The van der Waals surface area contributed by atoms with Gasteiger partial charge in [-0.3, -0.25) is 10.1 Å². The van der Waals surface area contributed by atoms with Gasteiger partial charge in [0, 0.05) is 15.8 Å². The molecule has 28 heavy (non-hydrogen) atoms. The maximum absolute atomic E-state index is 13.7. The second-order valence-electron chi connectivity index (χ2n) is 7.16. The molecule has 1 heterocycles. The van der Waals surface area contributed by atoms with E-state index in [1.807, 2.05) is 0 Å². The average molecular weight is 414 g/mol. The van der Waals surface area contributed by atoms with E-state index >= 15 is 0 Å². The summed E-state index contributed by atoms with van der Waals surface area (Å²) in [5, 5.41) is 13.4. The Morgan fingerprint density at radius 3 is 2.46 bits per heavy atom. The minimum absolute atomic E-state index is 0.0767. The van der Waals surface area contributed by atoms with Crippen LogP contribution in [0.2, 0.25) is 5.02 Å². The lowest BCUT2D eigenvalue weighted by Gasteiger charge is -2.26. The number of hydrogen-bond acceptors (Lipinski definition) is 3. The molecule has 0 spiro atoms. The molecule has 2 unspecified atom stereocenters. The van der Waals surface area contributed by atoms with E-state index in [-0.39, 0.29) is 23.5 Å². The van der Waals surface area contributed by atoms with Crippen LogP contribution in [0.3, 0.4) is 0 Å². The van der Waals surface area contributed by atoms with Crippen molar-refractivity contribution in [2.24, 2.45) is 5.92 Å². The van der Waals surface area contributed by atoms with Crippen molar-refractivity contribution in [1.29, 1.82) is 0 Å². The van der Waals surface area contributed by atoms with E-state index in [9.17, 15) is 23.1 Å². The van der Waals surface area contributed by atoms with Crippen molar-refractivity contribution in [3.8, 4) is 0 Å². The number of carboxylic acids is 1. The van der Waals surface area contributed by atoms with Gasteiger partial charge in [0.15, 0.2) is 0 Å². The molecule has 0 radical (unpaired) electrons. The number of nitrogens with one attached hydrogen (secondary N) is 1. The fraction of sp³-hybridized carbons (Fsp3) is 0.350. The van der Waals surface area contributed by atoms with Gasteiger partial charge in [0.05, 0.1) is 0 Å². The van der Waals surface area contributed by atoms with Crippen molar-refractivity contribution in [1.82, 2.24) is 5.32 Å². The van der Waals surface area contributed by atoms with Crippen LogP contribution in [0.15, 0.2) is 40.8 Å². The third-order valence-corrected chi connectivity index (χ3v) is 4.73. The van der Waals surface area contributed by atoms with E-state index in [1.165, 1.54) is 18.2 Å². The molecule has 150 valence electrons. The van der Waals surface area contributed by atoms with Crippen molar-refractivity contribution in [2.75, 3.05) is 0 Å². The number of alkyl halides is 3. The molecule has 4 nitrogen and oxygen atoms in total. The number of carboxylic acid groups (broad SMARTS) is 1. The molecule has 1 aromatic heterocycles. The van der Waals surface area contributed by atoms with Gasteiger partial charge in [-0.25, -0.2) is 0 Å². The van der Waals surface area contributed by atoms with E-state index in [4.69, 9.17) is 16.0 Å². The lowest BCUT2D eigenvalue weighted by molar-refractivity contribution is -0.163. The molecular formula is C20H19ClF3NO3. The van der Waals surface area contributed by atoms with Crippen LogP contribution in [-0.4, -0.2) is 23.3 Å². The Morgan fingerprint density at radius 1 is 1.14 bits per heavy atom. The van der Waals surface area contributed by atoms with Gasteiger partial charge in [-0.2, -0.15) is 13.2 Å². The van der Waals surface area contributed by atoms with Crippen LogP contribution in [0.1, 0.15) is 31.9 Å². The number of fused-ring (bicyclic) bond motifs is 3. The number of carbonyl (C=O) groups is 1. The molecule has 0 amide bonds. The van der Waals surface area contributed by atoms with E-state index < -0.39 is 24.2 Å². The highest BCUT2D eigenvalue weighted by atomic mass is 35.5. The highest BCUT2D eigenvalue weighted by Crippen LogP contribution is 2.37. The van der Waals surface area contributed by atoms with Gasteiger partial charge >= 0.3 is 12.1 Å². The maximum Gasteiger partial charge on any atom is 0.407 e.